The molecule has 1 amide bonds. The van der Waals surface area contributed by atoms with Gasteiger partial charge in [0.2, 0.25) is 0 Å². The summed E-state index contributed by atoms with van der Waals surface area (Å²) in [5.41, 5.74) is 0.851. The van der Waals surface area contributed by atoms with E-state index in [-0.39, 0.29) is 5.91 Å². The van der Waals surface area contributed by atoms with Crippen molar-refractivity contribution in [2.45, 2.75) is 91.4 Å². The van der Waals surface area contributed by atoms with Gasteiger partial charge in [-0.2, -0.15) is 0 Å². The van der Waals surface area contributed by atoms with Crippen LogP contribution in [0.4, 0.5) is 0 Å². The van der Waals surface area contributed by atoms with Gasteiger partial charge in [0.1, 0.15) is 0 Å². The lowest BCUT2D eigenvalue weighted by molar-refractivity contribution is 0.0497. The highest BCUT2D eigenvalue weighted by Gasteiger charge is 2.22. The smallest absolute Gasteiger partial charge is 0.338 e. The van der Waals surface area contributed by atoms with Crippen molar-refractivity contribution in [2.75, 3.05) is 19.7 Å². The Morgan fingerprint density at radius 3 is 1.76 bits per heavy atom. The molecule has 4 nitrogen and oxygen atoms in total. The number of carbonyl (C=O) groups is 2. The minimum atomic E-state index is -0.401. The van der Waals surface area contributed by atoms with Crippen molar-refractivity contribution < 1.29 is 14.3 Å². The molecule has 0 heterocycles. The second-order valence-corrected chi connectivity index (χ2v) is 7.80. The maximum absolute atomic E-state index is 13.3. The van der Waals surface area contributed by atoms with Gasteiger partial charge in [0, 0.05) is 13.1 Å². The fraction of sp³-hybridized carbons (Fsp3) is 0.680. The average molecular weight is 404 g/mol. The van der Waals surface area contributed by atoms with E-state index in [2.05, 4.69) is 13.8 Å². The molecular formula is C25H41NO3. The van der Waals surface area contributed by atoms with Crippen LogP contribution in [0.1, 0.15) is 112 Å². The van der Waals surface area contributed by atoms with E-state index in [1.165, 1.54) is 38.5 Å². The number of hydrogen-bond acceptors (Lipinski definition) is 3. The summed E-state index contributed by atoms with van der Waals surface area (Å²) in [7, 11) is 0. The summed E-state index contributed by atoms with van der Waals surface area (Å²) in [5.74, 6) is -0.443. The highest BCUT2D eigenvalue weighted by atomic mass is 16.5. The lowest BCUT2D eigenvalue weighted by atomic mass is 10.1. The quantitative estimate of drug-likeness (QED) is 0.230. The number of carbonyl (C=O) groups excluding carboxylic acids is 2. The van der Waals surface area contributed by atoms with Gasteiger partial charge in [0.05, 0.1) is 17.7 Å². The van der Waals surface area contributed by atoms with Crippen LogP contribution in [-0.4, -0.2) is 36.5 Å². The molecule has 0 saturated carbocycles. The van der Waals surface area contributed by atoms with E-state index < -0.39 is 5.97 Å². The summed E-state index contributed by atoms with van der Waals surface area (Å²) in [4.78, 5) is 27.7. The van der Waals surface area contributed by atoms with Gasteiger partial charge in [-0.15, -0.1) is 0 Å². The molecule has 1 aromatic rings. The van der Waals surface area contributed by atoms with Crippen LogP contribution in [-0.2, 0) is 4.74 Å². The van der Waals surface area contributed by atoms with Gasteiger partial charge in [-0.25, -0.2) is 4.79 Å². The molecule has 164 valence electrons. The maximum Gasteiger partial charge on any atom is 0.338 e. The lowest BCUT2D eigenvalue weighted by Crippen LogP contribution is -2.34. The van der Waals surface area contributed by atoms with Crippen LogP contribution >= 0.6 is 0 Å². The highest BCUT2D eigenvalue weighted by molar-refractivity contribution is 6.05. The van der Waals surface area contributed by atoms with Gasteiger partial charge in [0.15, 0.2) is 0 Å². The number of nitrogens with zero attached hydrogens (tertiary/aromatic N) is 1. The van der Waals surface area contributed by atoms with Crippen LogP contribution in [0, 0.1) is 0 Å². The molecule has 0 N–H and O–H groups in total. The van der Waals surface area contributed by atoms with Crippen molar-refractivity contribution in [1.82, 2.24) is 4.90 Å². The Morgan fingerprint density at radius 1 is 0.724 bits per heavy atom. The van der Waals surface area contributed by atoms with Crippen LogP contribution in [0.5, 0.6) is 0 Å². The third kappa shape index (κ3) is 9.96. The normalized spacial score (nSPS) is 10.7. The van der Waals surface area contributed by atoms with Crippen LogP contribution < -0.4 is 0 Å². The SMILES string of the molecule is CCCCCCCN(CCCCCCC)C(=O)c1ccccc1C(=O)OCCC. The number of unbranched alkanes of at least 4 members (excludes halogenated alkanes) is 8. The van der Waals surface area contributed by atoms with Crippen LogP contribution in [0.2, 0.25) is 0 Å². The van der Waals surface area contributed by atoms with Crippen molar-refractivity contribution in [3.8, 4) is 0 Å². The van der Waals surface area contributed by atoms with E-state index in [9.17, 15) is 9.59 Å². The summed E-state index contributed by atoms with van der Waals surface area (Å²) >= 11 is 0. The van der Waals surface area contributed by atoms with Gasteiger partial charge in [-0.1, -0.05) is 84.3 Å². The van der Waals surface area contributed by atoms with E-state index in [0.29, 0.717) is 17.7 Å². The second kappa shape index (κ2) is 16.0. The number of esters is 1. The molecular weight excluding hydrogens is 362 g/mol. The molecule has 0 aliphatic rings. The average Bonchev–Trinajstić information content (AvgIpc) is 2.75. The molecule has 1 rings (SSSR count). The topological polar surface area (TPSA) is 46.6 Å². The largest absolute Gasteiger partial charge is 0.462 e. The minimum Gasteiger partial charge on any atom is -0.462 e. The third-order valence-corrected chi connectivity index (χ3v) is 5.17. The zero-order valence-corrected chi connectivity index (χ0v) is 18.9. The minimum absolute atomic E-state index is 0.0416. The monoisotopic (exact) mass is 403 g/mol. The summed E-state index contributed by atoms with van der Waals surface area (Å²) in [5, 5.41) is 0. The fourth-order valence-electron chi connectivity index (χ4n) is 3.42. The summed E-state index contributed by atoms with van der Waals surface area (Å²) in [6.45, 7) is 8.27. The van der Waals surface area contributed by atoms with Gasteiger partial charge >= 0.3 is 5.97 Å². The number of rotatable bonds is 16. The number of amides is 1. The van der Waals surface area contributed by atoms with Gasteiger partial charge in [-0.05, 0) is 31.4 Å². The maximum atomic E-state index is 13.3. The standard InChI is InChI=1S/C25H41NO3/c1-4-7-9-11-15-19-26(20-16-12-10-8-5-2)24(27)22-17-13-14-18-23(22)25(28)29-21-6-3/h13-14,17-18H,4-12,15-16,19-21H2,1-3H3. The van der Waals surface area contributed by atoms with Crippen molar-refractivity contribution in [1.29, 1.82) is 0 Å². The van der Waals surface area contributed by atoms with Gasteiger partial charge < -0.3 is 9.64 Å². The highest BCUT2D eigenvalue weighted by Crippen LogP contribution is 2.16. The molecule has 0 bridgehead atoms. The van der Waals surface area contributed by atoms with Crippen LogP contribution in [0.25, 0.3) is 0 Å². The number of ether oxygens (including phenoxy) is 1. The molecule has 29 heavy (non-hydrogen) atoms. The Labute approximate surface area is 178 Å². The zero-order chi connectivity index (χ0) is 21.3. The molecule has 0 aromatic heterocycles. The molecule has 0 spiro atoms. The molecule has 4 heteroatoms. The van der Waals surface area contributed by atoms with Crippen molar-refractivity contribution in [3.63, 3.8) is 0 Å². The second-order valence-electron chi connectivity index (χ2n) is 7.80. The molecule has 0 saturated heterocycles. The Kier molecular flexibility index (Phi) is 13.9. The van der Waals surface area contributed by atoms with E-state index in [1.54, 1.807) is 18.2 Å². The van der Waals surface area contributed by atoms with Crippen molar-refractivity contribution in [2.24, 2.45) is 0 Å². The fourth-order valence-corrected chi connectivity index (χ4v) is 3.42. The molecule has 0 fully saturated rings. The molecule has 1 aromatic carbocycles. The van der Waals surface area contributed by atoms with E-state index in [1.807, 2.05) is 17.9 Å². The van der Waals surface area contributed by atoms with Crippen LogP contribution in [0.3, 0.4) is 0 Å². The van der Waals surface area contributed by atoms with Gasteiger partial charge in [0.25, 0.3) is 5.91 Å². The number of hydrogen-bond donors (Lipinski definition) is 0. The molecule has 0 unspecified atom stereocenters. The lowest BCUT2D eigenvalue weighted by Gasteiger charge is -2.24. The van der Waals surface area contributed by atoms with E-state index in [0.717, 1.165) is 45.2 Å². The van der Waals surface area contributed by atoms with Crippen molar-refractivity contribution >= 4 is 11.9 Å². The van der Waals surface area contributed by atoms with Gasteiger partial charge in [-0.3, -0.25) is 4.79 Å². The third-order valence-electron chi connectivity index (χ3n) is 5.17. The number of benzene rings is 1. The Balaban J connectivity index is 2.81. The first-order valence-electron chi connectivity index (χ1n) is 11.7. The van der Waals surface area contributed by atoms with E-state index >= 15 is 0 Å². The first-order valence-corrected chi connectivity index (χ1v) is 11.7. The van der Waals surface area contributed by atoms with Crippen molar-refractivity contribution in [3.05, 3.63) is 35.4 Å². The molecule has 0 atom stereocenters. The predicted molar refractivity (Wildman–Crippen MR) is 120 cm³/mol. The summed E-state index contributed by atoms with van der Waals surface area (Å²) < 4.78 is 5.29. The summed E-state index contributed by atoms with van der Waals surface area (Å²) in [6.07, 6.45) is 12.5. The first kappa shape index (κ1) is 25.2. The van der Waals surface area contributed by atoms with E-state index in [4.69, 9.17) is 4.74 Å². The molecule has 0 aliphatic carbocycles. The molecule has 0 aliphatic heterocycles. The Bertz CT molecular complexity index is 571. The summed E-state index contributed by atoms with van der Waals surface area (Å²) in [6, 6.07) is 7.07. The van der Waals surface area contributed by atoms with Crippen LogP contribution in [0.15, 0.2) is 24.3 Å². The first-order chi connectivity index (χ1) is 14.2. The Morgan fingerprint density at radius 2 is 1.24 bits per heavy atom. The predicted octanol–water partition coefficient (Wildman–Crippen LogP) is 6.64. The Hall–Kier alpha value is -1.84. The molecule has 0 radical (unpaired) electrons. The zero-order valence-electron chi connectivity index (χ0n) is 18.9.